The summed E-state index contributed by atoms with van der Waals surface area (Å²) in [6.07, 6.45) is 0. The SMILES string of the molecule is O=C(O)c1ccc(CNc2ccc(Cl)cc2)c(F)c1. The second kappa shape index (κ2) is 5.71. The largest absolute Gasteiger partial charge is 0.478 e. The Balaban J connectivity index is 2.07. The first-order chi connectivity index (χ1) is 9.06. The number of nitrogens with one attached hydrogen (secondary N) is 1. The third-order valence-electron chi connectivity index (χ3n) is 2.63. The third kappa shape index (κ3) is 3.45. The van der Waals surface area contributed by atoms with Crippen LogP contribution in [0.2, 0.25) is 5.02 Å². The van der Waals surface area contributed by atoms with Crippen LogP contribution in [0.4, 0.5) is 10.1 Å². The van der Waals surface area contributed by atoms with Gasteiger partial charge < -0.3 is 10.4 Å². The number of rotatable bonds is 4. The van der Waals surface area contributed by atoms with E-state index in [1.54, 1.807) is 24.3 Å². The summed E-state index contributed by atoms with van der Waals surface area (Å²) in [5, 5.41) is 12.4. The Morgan fingerprint density at radius 1 is 1.21 bits per heavy atom. The van der Waals surface area contributed by atoms with Crippen LogP contribution >= 0.6 is 11.6 Å². The van der Waals surface area contributed by atoms with Crippen LogP contribution in [0.5, 0.6) is 0 Å². The third-order valence-corrected chi connectivity index (χ3v) is 2.88. The van der Waals surface area contributed by atoms with Gasteiger partial charge >= 0.3 is 5.97 Å². The first-order valence-corrected chi connectivity index (χ1v) is 5.95. The predicted molar refractivity (Wildman–Crippen MR) is 72.1 cm³/mol. The van der Waals surface area contributed by atoms with Crippen molar-refractivity contribution in [1.82, 2.24) is 0 Å². The Morgan fingerprint density at radius 3 is 2.47 bits per heavy atom. The summed E-state index contributed by atoms with van der Waals surface area (Å²) >= 11 is 5.76. The van der Waals surface area contributed by atoms with E-state index >= 15 is 0 Å². The molecule has 2 N–H and O–H groups in total. The van der Waals surface area contributed by atoms with Crippen LogP contribution in [0.3, 0.4) is 0 Å². The van der Waals surface area contributed by atoms with Gasteiger partial charge in [0.05, 0.1) is 5.56 Å². The molecule has 0 spiro atoms. The van der Waals surface area contributed by atoms with Crippen molar-refractivity contribution in [1.29, 1.82) is 0 Å². The number of hydrogen-bond acceptors (Lipinski definition) is 2. The Bertz CT molecular complexity index is 599. The second-order valence-corrected chi connectivity index (χ2v) is 4.41. The van der Waals surface area contributed by atoms with E-state index in [0.717, 1.165) is 11.8 Å². The molecule has 2 aromatic rings. The lowest BCUT2D eigenvalue weighted by Crippen LogP contribution is -2.04. The zero-order valence-electron chi connectivity index (χ0n) is 9.86. The molecule has 19 heavy (non-hydrogen) atoms. The van der Waals surface area contributed by atoms with Gasteiger partial charge in [-0.05, 0) is 36.4 Å². The Labute approximate surface area is 114 Å². The lowest BCUT2D eigenvalue weighted by atomic mass is 10.1. The van der Waals surface area contributed by atoms with Crippen molar-refractivity contribution in [2.75, 3.05) is 5.32 Å². The fourth-order valence-corrected chi connectivity index (χ4v) is 1.71. The summed E-state index contributed by atoms with van der Waals surface area (Å²) in [4.78, 5) is 10.7. The van der Waals surface area contributed by atoms with Gasteiger partial charge in [0.15, 0.2) is 0 Å². The van der Waals surface area contributed by atoms with Crippen molar-refractivity contribution in [2.45, 2.75) is 6.54 Å². The van der Waals surface area contributed by atoms with E-state index < -0.39 is 11.8 Å². The lowest BCUT2D eigenvalue weighted by molar-refractivity contribution is 0.0696. The Kier molecular flexibility index (Phi) is 4.02. The summed E-state index contributed by atoms with van der Waals surface area (Å²) < 4.78 is 13.7. The number of anilines is 1. The fraction of sp³-hybridized carbons (Fsp3) is 0.0714. The van der Waals surface area contributed by atoms with Gasteiger partial charge in [0.25, 0.3) is 0 Å². The maximum atomic E-state index is 13.7. The normalized spacial score (nSPS) is 10.2. The maximum Gasteiger partial charge on any atom is 0.335 e. The van der Waals surface area contributed by atoms with E-state index in [2.05, 4.69) is 5.32 Å². The minimum atomic E-state index is -1.14. The molecule has 2 rings (SSSR count). The topological polar surface area (TPSA) is 49.3 Å². The minimum Gasteiger partial charge on any atom is -0.478 e. The van der Waals surface area contributed by atoms with Gasteiger partial charge in [-0.1, -0.05) is 17.7 Å². The molecule has 98 valence electrons. The van der Waals surface area contributed by atoms with Crippen LogP contribution in [0.1, 0.15) is 15.9 Å². The number of carbonyl (C=O) groups is 1. The van der Waals surface area contributed by atoms with Gasteiger partial charge in [-0.3, -0.25) is 0 Å². The molecule has 0 aliphatic heterocycles. The number of halogens is 2. The number of benzene rings is 2. The van der Waals surface area contributed by atoms with Crippen LogP contribution in [-0.4, -0.2) is 11.1 Å². The van der Waals surface area contributed by atoms with Crippen LogP contribution in [0.25, 0.3) is 0 Å². The number of carboxylic acid groups (broad SMARTS) is 1. The van der Waals surface area contributed by atoms with Crippen molar-refractivity contribution in [3.8, 4) is 0 Å². The minimum absolute atomic E-state index is 0.0623. The van der Waals surface area contributed by atoms with Crippen LogP contribution in [-0.2, 0) is 6.54 Å². The maximum absolute atomic E-state index is 13.7. The van der Waals surface area contributed by atoms with Gasteiger partial charge in [-0.15, -0.1) is 0 Å². The van der Waals surface area contributed by atoms with Crippen molar-refractivity contribution in [3.05, 3.63) is 64.4 Å². The summed E-state index contributed by atoms with van der Waals surface area (Å²) in [5.74, 6) is -1.68. The standard InChI is InChI=1S/C14H11ClFNO2/c15-11-3-5-12(6-4-11)17-8-10-2-1-9(14(18)19)7-13(10)16/h1-7,17H,8H2,(H,18,19). The average molecular weight is 280 g/mol. The lowest BCUT2D eigenvalue weighted by Gasteiger charge is -2.08. The van der Waals surface area contributed by atoms with Crippen molar-refractivity contribution in [3.63, 3.8) is 0 Å². The Hall–Kier alpha value is -2.07. The second-order valence-electron chi connectivity index (χ2n) is 3.97. The molecule has 0 aromatic heterocycles. The van der Waals surface area contributed by atoms with E-state index in [1.807, 2.05) is 0 Å². The van der Waals surface area contributed by atoms with Crippen molar-refractivity contribution < 1.29 is 14.3 Å². The highest BCUT2D eigenvalue weighted by molar-refractivity contribution is 6.30. The molecule has 5 heteroatoms. The van der Waals surface area contributed by atoms with E-state index in [1.165, 1.54) is 12.1 Å². The predicted octanol–water partition coefficient (Wildman–Crippen LogP) is 3.79. The molecule has 2 aromatic carbocycles. The van der Waals surface area contributed by atoms with Gasteiger partial charge in [0.2, 0.25) is 0 Å². The summed E-state index contributed by atoms with van der Waals surface area (Å²) in [5.41, 5.74) is 1.15. The van der Waals surface area contributed by atoms with Crippen LogP contribution in [0, 0.1) is 5.82 Å². The smallest absolute Gasteiger partial charge is 0.335 e. The van der Waals surface area contributed by atoms with Crippen LogP contribution < -0.4 is 5.32 Å². The molecule has 0 unspecified atom stereocenters. The van der Waals surface area contributed by atoms with Crippen molar-refractivity contribution in [2.24, 2.45) is 0 Å². The monoisotopic (exact) mass is 279 g/mol. The first kappa shape index (κ1) is 13.4. The quantitative estimate of drug-likeness (QED) is 0.895. The molecule has 0 radical (unpaired) electrons. The van der Waals surface area contributed by atoms with E-state index in [9.17, 15) is 9.18 Å². The molecule has 0 aliphatic rings. The molecular weight excluding hydrogens is 269 g/mol. The molecule has 0 amide bonds. The summed E-state index contributed by atoms with van der Waals surface area (Å²) in [6, 6.07) is 10.9. The average Bonchev–Trinajstić information content (AvgIpc) is 2.39. The molecule has 3 nitrogen and oxygen atoms in total. The molecule has 0 aliphatic carbocycles. The van der Waals surface area contributed by atoms with Crippen molar-refractivity contribution >= 4 is 23.3 Å². The highest BCUT2D eigenvalue weighted by Crippen LogP contribution is 2.16. The molecule has 0 bridgehead atoms. The summed E-state index contributed by atoms with van der Waals surface area (Å²) in [7, 11) is 0. The number of hydrogen-bond donors (Lipinski definition) is 2. The van der Waals surface area contributed by atoms with Gasteiger partial charge in [-0.25, -0.2) is 9.18 Å². The number of aromatic carboxylic acids is 1. The van der Waals surface area contributed by atoms with Gasteiger partial charge in [-0.2, -0.15) is 0 Å². The summed E-state index contributed by atoms with van der Waals surface area (Å²) in [6.45, 7) is 0.271. The molecular formula is C14H11ClFNO2. The first-order valence-electron chi connectivity index (χ1n) is 5.57. The van der Waals surface area contributed by atoms with E-state index in [0.29, 0.717) is 10.6 Å². The van der Waals surface area contributed by atoms with E-state index in [4.69, 9.17) is 16.7 Å². The zero-order valence-corrected chi connectivity index (χ0v) is 10.6. The highest BCUT2D eigenvalue weighted by Gasteiger charge is 2.08. The zero-order chi connectivity index (χ0) is 13.8. The van der Waals surface area contributed by atoms with E-state index in [-0.39, 0.29) is 12.1 Å². The molecule has 0 heterocycles. The molecule has 0 saturated heterocycles. The molecule has 0 saturated carbocycles. The number of carboxylic acids is 1. The fourth-order valence-electron chi connectivity index (χ4n) is 1.59. The van der Waals surface area contributed by atoms with Gasteiger partial charge in [0.1, 0.15) is 5.82 Å². The Morgan fingerprint density at radius 2 is 1.89 bits per heavy atom. The van der Waals surface area contributed by atoms with Gasteiger partial charge in [0, 0.05) is 22.8 Å². The molecule has 0 atom stereocenters. The van der Waals surface area contributed by atoms with Crippen LogP contribution in [0.15, 0.2) is 42.5 Å². The highest BCUT2D eigenvalue weighted by atomic mass is 35.5. The molecule has 0 fully saturated rings.